The Morgan fingerprint density at radius 3 is 2.70 bits per heavy atom. The Morgan fingerprint density at radius 1 is 1.30 bits per heavy atom. The zero-order chi connectivity index (χ0) is 16.3. The van der Waals surface area contributed by atoms with Gasteiger partial charge in [0.25, 0.3) is 0 Å². The number of hydrogen-bond donors (Lipinski definition) is 1. The number of nitrogens with one attached hydrogen (secondary N) is 1. The van der Waals surface area contributed by atoms with Crippen molar-refractivity contribution in [2.24, 2.45) is 0 Å². The summed E-state index contributed by atoms with van der Waals surface area (Å²) in [6.07, 6.45) is 2.03. The predicted molar refractivity (Wildman–Crippen MR) is 84.7 cm³/mol. The molecule has 0 radical (unpaired) electrons. The minimum atomic E-state index is -3.40. The Kier molecular flexibility index (Phi) is 4.63. The highest BCUT2D eigenvalue weighted by molar-refractivity contribution is 7.92. The van der Waals surface area contributed by atoms with Gasteiger partial charge in [-0.15, -0.1) is 0 Å². The number of ether oxygens (including phenoxy) is 1. The highest BCUT2D eigenvalue weighted by Gasteiger charge is 2.23. The first kappa shape index (κ1) is 15.9. The quantitative estimate of drug-likeness (QED) is 0.865. The minimum absolute atomic E-state index is 0.00396. The second-order valence-electron chi connectivity index (χ2n) is 5.63. The fourth-order valence-corrected chi connectivity index (χ4v) is 3.85. The molecule has 1 N–H and O–H groups in total. The molecule has 0 amide bonds. The number of nitrogens with zero attached hydrogens (tertiary/aromatic N) is 2. The molecule has 1 fully saturated rings. The molecule has 7 nitrogen and oxygen atoms in total. The van der Waals surface area contributed by atoms with Crippen LogP contribution in [-0.4, -0.2) is 37.0 Å². The number of aromatic nitrogens is 2. The first-order valence-electron chi connectivity index (χ1n) is 7.50. The summed E-state index contributed by atoms with van der Waals surface area (Å²) in [6.45, 7) is 2.41. The van der Waals surface area contributed by atoms with Gasteiger partial charge in [-0.3, -0.25) is 4.72 Å². The molecule has 2 heterocycles. The summed E-state index contributed by atoms with van der Waals surface area (Å²) < 4.78 is 37.2. The van der Waals surface area contributed by atoms with Crippen molar-refractivity contribution < 1.29 is 17.7 Å². The molecule has 1 unspecified atom stereocenters. The Bertz CT molecular complexity index is 749. The Labute approximate surface area is 135 Å². The molecule has 1 aliphatic heterocycles. The standard InChI is InChI=1S/C15H19N3O4S/c1-11-16-15(22-17-11)9-12-4-6-13(7-5-12)18-23(19,20)10-14-3-2-8-21-14/h4-7,14,18H,2-3,8-10H2,1H3. The average Bonchev–Trinajstić information content (AvgIpc) is 3.12. The zero-order valence-corrected chi connectivity index (χ0v) is 13.7. The summed E-state index contributed by atoms with van der Waals surface area (Å²) in [5, 5.41) is 3.74. The summed E-state index contributed by atoms with van der Waals surface area (Å²) in [6, 6.07) is 7.13. The maximum absolute atomic E-state index is 12.1. The lowest BCUT2D eigenvalue weighted by atomic mass is 10.1. The number of benzene rings is 1. The van der Waals surface area contributed by atoms with Crippen LogP contribution in [0.5, 0.6) is 0 Å². The highest BCUT2D eigenvalue weighted by Crippen LogP contribution is 2.17. The van der Waals surface area contributed by atoms with Crippen LogP contribution in [0.2, 0.25) is 0 Å². The molecule has 1 aromatic heterocycles. The molecular weight excluding hydrogens is 318 g/mol. The van der Waals surface area contributed by atoms with E-state index in [1.165, 1.54) is 0 Å². The number of hydrogen-bond acceptors (Lipinski definition) is 6. The Balaban J connectivity index is 1.60. The van der Waals surface area contributed by atoms with Gasteiger partial charge in [0.2, 0.25) is 15.9 Å². The van der Waals surface area contributed by atoms with Crippen LogP contribution in [0.4, 0.5) is 5.69 Å². The monoisotopic (exact) mass is 337 g/mol. The molecular formula is C15H19N3O4S. The van der Waals surface area contributed by atoms with Gasteiger partial charge in [-0.25, -0.2) is 8.42 Å². The highest BCUT2D eigenvalue weighted by atomic mass is 32.2. The van der Waals surface area contributed by atoms with Gasteiger partial charge in [-0.05, 0) is 37.5 Å². The molecule has 0 spiro atoms. The maximum atomic E-state index is 12.1. The van der Waals surface area contributed by atoms with Gasteiger partial charge in [0.1, 0.15) is 0 Å². The van der Waals surface area contributed by atoms with Gasteiger partial charge in [0.05, 0.1) is 18.3 Å². The van der Waals surface area contributed by atoms with E-state index in [4.69, 9.17) is 9.26 Å². The van der Waals surface area contributed by atoms with Gasteiger partial charge in [0, 0.05) is 12.3 Å². The summed E-state index contributed by atoms with van der Waals surface area (Å²) >= 11 is 0. The van der Waals surface area contributed by atoms with E-state index < -0.39 is 10.0 Å². The van der Waals surface area contributed by atoms with Crippen LogP contribution < -0.4 is 4.72 Å². The largest absolute Gasteiger partial charge is 0.377 e. The molecule has 0 saturated carbocycles. The van der Waals surface area contributed by atoms with E-state index in [9.17, 15) is 8.42 Å². The van der Waals surface area contributed by atoms with E-state index in [1.807, 2.05) is 12.1 Å². The Morgan fingerprint density at radius 2 is 2.09 bits per heavy atom. The molecule has 8 heteroatoms. The molecule has 0 aliphatic carbocycles. The van der Waals surface area contributed by atoms with E-state index in [-0.39, 0.29) is 11.9 Å². The van der Waals surface area contributed by atoms with Crippen LogP contribution in [0.25, 0.3) is 0 Å². The summed E-state index contributed by atoms with van der Waals surface area (Å²) in [4.78, 5) is 4.14. The zero-order valence-electron chi connectivity index (χ0n) is 12.9. The second kappa shape index (κ2) is 6.67. The summed E-state index contributed by atoms with van der Waals surface area (Å²) in [5.41, 5.74) is 1.50. The maximum Gasteiger partial charge on any atom is 0.235 e. The molecule has 124 valence electrons. The predicted octanol–water partition coefficient (Wildman–Crippen LogP) is 1.89. The smallest absolute Gasteiger partial charge is 0.235 e. The number of anilines is 1. The molecule has 1 atom stereocenters. The second-order valence-corrected chi connectivity index (χ2v) is 7.39. The first-order chi connectivity index (χ1) is 11.0. The van der Waals surface area contributed by atoms with Crippen molar-refractivity contribution in [3.8, 4) is 0 Å². The van der Waals surface area contributed by atoms with Crippen molar-refractivity contribution in [1.29, 1.82) is 0 Å². The Hall–Kier alpha value is -1.93. The first-order valence-corrected chi connectivity index (χ1v) is 9.16. The molecule has 1 saturated heterocycles. The van der Waals surface area contributed by atoms with Crippen LogP contribution in [0.3, 0.4) is 0 Å². The fraction of sp³-hybridized carbons (Fsp3) is 0.467. The van der Waals surface area contributed by atoms with Crippen molar-refractivity contribution in [2.45, 2.75) is 32.3 Å². The van der Waals surface area contributed by atoms with Crippen molar-refractivity contribution in [3.63, 3.8) is 0 Å². The molecule has 23 heavy (non-hydrogen) atoms. The van der Waals surface area contributed by atoms with Crippen molar-refractivity contribution in [1.82, 2.24) is 10.1 Å². The van der Waals surface area contributed by atoms with E-state index in [0.717, 1.165) is 18.4 Å². The number of sulfonamides is 1. The van der Waals surface area contributed by atoms with Crippen molar-refractivity contribution in [3.05, 3.63) is 41.5 Å². The lowest BCUT2D eigenvalue weighted by Gasteiger charge is -2.12. The topological polar surface area (TPSA) is 94.3 Å². The van der Waals surface area contributed by atoms with Crippen LogP contribution in [0, 0.1) is 6.92 Å². The van der Waals surface area contributed by atoms with E-state index >= 15 is 0 Å². The lowest BCUT2D eigenvalue weighted by molar-refractivity contribution is 0.127. The molecule has 0 bridgehead atoms. The SMILES string of the molecule is Cc1noc(Cc2ccc(NS(=O)(=O)CC3CCCO3)cc2)n1. The minimum Gasteiger partial charge on any atom is -0.377 e. The molecule has 1 aliphatic rings. The third kappa shape index (κ3) is 4.52. The van der Waals surface area contributed by atoms with E-state index in [2.05, 4.69) is 14.9 Å². The fourth-order valence-electron chi connectivity index (χ4n) is 2.52. The normalized spacial score (nSPS) is 18.2. The summed E-state index contributed by atoms with van der Waals surface area (Å²) in [7, 11) is -3.40. The van der Waals surface area contributed by atoms with Gasteiger partial charge in [0.15, 0.2) is 5.82 Å². The van der Waals surface area contributed by atoms with Crippen LogP contribution in [0.15, 0.2) is 28.8 Å². The van der Waals surface area contributed by atoms with Crippen molar-refractivity contribution in [2.75, 3.05) is 17.1 Å². The van der Waals surface area contributed by atoms with E-state index in [0.29, 0.717) is 30.4 Å². The third-order valence-electron chi connectivity index (χ3n) is 3.58. The van der Waals surface area contributed by atoms with Crippen LogP contribution >= 0.6 is 0 Å². The van der Waals surface area contributed by atoms with Crippen LogP contribution in [0.1, 0.15) is 30.1 Å². The van der Waals surface area contributed by atoms with Crippen molar-refractivity contribution >= 4 is 15.7 Å². The van der Waals surface area contributed by atoms with Gasteiger partial charge in [-0.1, -0.05) is 17.3 Å². The number of aryl methyl sites for hydroxylation is 1. The van der Waals surface area contributed by atoms with Gasteiger partial charge < -0.3 is 9.26 Å². The molecule has 2 aromatic rings. The van der Waals surface area contributed by atoms with Crippen LogP contribution in [-0.2, 0) is 21.2 Å². The van der Waals surface area contributed by atoms with E-state index in [1.54, 1.807) is 19.1 Å². The third-order valence-corrected chi connectivity index (χ3v) is 4.94. The number of rotatable bonds is 6. The van der Waals surface area contributed by atoms with Gasteiger partial charge >= 0.3 is 0 Å². The molecule has 1 aromatic carbocycles. The summed E-state index contributed by atoms with van der Waals surface area (Å²) in [5.74, 6) is 1.13. The average molecular weight is 337 g/mol. The lowest BCUT2D eigenvalue weighted by Crippen LogP contribution is -2.25. The van der Waals surface area contributed by atoms with Gasteiger partial charge in [-0.2, -0.15) is 4.98 Å². The molecule has 3 rings (SSSR count).